The van der Waals surface area contributed by atoms with Gasteiger partial charge in [-0.05, 0) is 55.2 Å². The smallest absolute Gasteiger partial charge is 0.243 e. The zero-order chi connectivity index (χ0) is 23.5. The topological polar surface area (TPSA) is 58.6 Å². The van der Waals surface area contributed by atoms with Crippen molar-refractivity contribution in [1.29, 1.82) is 0 Å². The molecule has 0 bridgehead atoms. The molecule has 0 unspecified atom stereocenters. The fourth-order valence-corrected chi connectivity index (χ4v) is 4.08. The van der Waals surface area contributed by atoms with E-state index in [1.807, 2.05) is 45.0 Å². The quantitative estimate of drug-likeness (QED) is 0.495. The zero-order valence-corrected chi connectivity index (χ0v) is 20.1. The molecule has 2 amide bonds. The van der Waals surface area contributed by atoms with Gasteiger partial charge in [-0.15, -0.1) is 11.8 Å². The van der Waals surface area contributed by atoms with E-state index in [-0.39, 0.29) is 29.4 Å². The summed E-state index contributed by atoms with van der Waals surface area (Å²) in [6.07, 6.45) is 1.34. The van der Waals surface area contributed by atoms with Crippen molar-refractivity contribution in [1.82, 2.24) is 10.2 Å². The number of thioether (sulfide) groups is 1. The fourth-order valence-electron chi connectivity index (χ4n) is 3.21. The van der Waals surface area contributed by atoms with Crippen LogP contribution >= 0.6 is 11.8 Å². The van der Waals surface area contributed by atoms with Crippen molar-refractivity contribution < 1.29 is 18.7 Å². The maximum absolute atomic E-state index is 13.2. The van der Waals surface area contributed by atoms with Crippen molar-refractivity contribution in [3.63, 3.8) is 0 Å². The number of ether oxygens (including phenoxy) is 1. The van der Waals surface area contributed by atoms with Gasteiger partial charge in [0, 0.05) is 18.3 Å². The summed E-state index contributed by atoms with van der Waals surface area (Å²) in [7, 11) is 1.61. The monoisotopic (exact) mass is 460 g/mol. The first-order chi connectivity index (χ1) is 15.4. The predicted octanol–water partition coefficient (Wildman–Crippen LogP) is 4.79. The maximum atomic E-state index is 13.2. The van der Waals surface area contributed by atoms with Crippen molar-refractivity contribution in [3.05, 3.63) is 65.5 Å². The van der Waals surface area contributed by atoms with E-state index in [0.717, 1.165) is 23.3 Å². The summed E-state index contributed by atoms with van der Waals surface area (Å²) in [6.45, 7) is 6.23. The van der Waals surface area contributed by atoms with Crippen LogP contribution in [0.5, 0.6) is 5.75 Å². The van der Waals surface area contributed by atoms with E-state index in [1.54, 1.807) is 24.1 Å². The van der Waals surface area contributed by atoms with E-state index in [1.165, 1.54) is 23.9 Å². The minimum absolute atomic E-state index is 0.0438. The van der Waals surface area contributed by atoms with Gasteiger partial charge in [0.05, 0.1) is 12.9 Å². The number of hydrogen-bond donors (Lipinski definition) is 1. The summed E-state index contributed by atoms with van der Waals surface area (Å²) in [5.74, 6) is 1.06. The van der Waals surface area contributed by atoms with Gasteiger partial charge in [-0.25, -0.2) is 4.39 Å². The first-order valence-corrected chi connectivity index (χ1v) is 12.1. The average Bonchev–Trinajstić information content (AvgIpc) is 2.80. The number of methoxy groups -OCH3 is 1. The summed E-state index contributed by atoms with van der Waals surface area (Å²) in [5, 5.41) is 3.01. The highest BCUT2D eigenvalue weighted by Gasteiger charge is 2.29. The van der Waals surface area contributed by atoms with E-state index in [2.05, 4.69) is 5.32 Å². The molecule has 0 spiro atoms. The highest BCUT2D eigenvalue weighted by molar-refractivity contribution is 7.99. The Kier molecular flexibility index (Phi) is 10.5. The number of carbonyl (C=O) groups excluding carboxylic acids is 2. The third-order valence-electron chi connectivity index (χ3n) is 5.31. The molecule has 2 aromatic rings. The van der Waals surface area contributed by atoms with E-state index in [9.17, 15) is 14.0 Å². The standard InChI is InChI=1S/C25H33FN2O3S/c1-5-18(3)27-25(30)23(6-2)28(15-19-9-13-22(31-4)14-10-19)24(29)17-32-16-20-7-11-21(26)12-8-20/h7-14,18,23H,5-6,15-17H2,1-4H3,(H,27,30)/t18-,23+/m1/s1. The summed E-state index contributed by atoms with van der Waals surface area (Å²) < 4.78 is 18.3. The lowest BCUT2D eigenvalue weighted by Crippen LogP contribution is -2.51. The number of benzene rings is 2. The summed E-state index contributed by atoms with van der Waals surface area (Å²) in [4.78, 5) is 27.8. The number of rotatable bonds is 12. The van der Waals surface area contributed by atoms with E-state index >= 15 is 0 Å². The first kappa shape index (κ1) is 25.7. The van der Waals surface area contributed by atoms with Gasteiger partial charge in [0.15, 0.2) is 0 Å². The molecule has 0 saturated carbocycles. The van der Waals surface area contributed by atoms with Gasteiger partial charge < -0.3 is 15.0 Å². The number of nitrogens with zero attached hydrogens (tertiary/aromatic N) is 1. The van der Waals surface area contributed by atoms with Crippen molar-refractivity contribution in [3.8, 4) is 5.75 Å². The van der Waals surface area contributed by atoms with Crippen LogP contribution in [0.15, 0.2) is 48.5 Å². The lowest BCUT2D eigenvalue weighted by Gasteiger charge is -2.31. The average molecular weight is 461 g/mol. The SMILES string of the molecule is CC[C@@H](C)NC(=O)[C@H](CC)N(Cc1ccc(OC)cc1)C(=O)CSCc1ccc(F)cc1. The van der Waals surface area contributed by atoms with Crippen LogP contribution in [0.25, 0.3) is 0 Å². The van der Waals surface area contributed by atoms with Crippen molar-refractivity contribution >= 4 is 23.6 Å². The van der Waals surface area contributed by atoms with Crippen molar-refractivity contribution in [2.24, 2.45) is 0 Å². The van der Waals surface area contributed by atoms with Crippen LogP contribution in [-0.4, -0.2) is 41.7 Å². The summed E-state index contributed by atoms with van der Waals surface area (Å²) in [6, 6.07) is 13.3. The molecule has 5 nitrogen and oxygen atoms in total. The van der Waals surface area contributed by atoms with Crippen LogP contribution in [-0.2, 0) is 21.9 Å². The number of nitrogens with one attached hydrogen (secondary N) is 1. The number of carbonyl (C=O) groups is 2. The number of hydrogen-bond acceptors (Lipinski definition) is 4. The molecule has 174 valence electrons. The van der Waals surface area contributed by atoms with Crippen LogP contribution in [0.1, 0.15) is 44.7 Å². The van der Waals surface area contributed by atoms with Crippen molar-refractivity contribution in [2.45, 2.75) is 58.0 Å². The fraction of sp³-hybridized carbons (Fsp3) is 0.440. The Morgan fingerprint density at radius 1 is 1.03 bits per heavy atom. The first-order valence-electron chi connectivity index (χ1n) is 10.9. The van der Waals surface area contributed by atoms with Gasteiger partial charge in [-0.1, -0.05) is 38.1 Å². The van der Waals surface area contributed by atoms with E-state index in [4.69, 9.17) is 4.74 Å². The van der Waals surface area contributed by atoms with Gasteiger partial charge in [-0.2, -0.15) is 0 Å². The third kappa shape index (κ3) is 7.86. The predicted molar refractivity (Wildman–Crippen MR) is 128 cm³/mol. The second kappa shape index (κ2) is 13.1. The minimum Gasteiger partial charge on any atom is -0.497 e. The molecule has 0 fully saturated rings. The van der Waals surface area contributed by atoms with E-state index < -0.39 is 6.04 Å². The molecule has 0 radical (unpaired) electrons. The van der Waals surface area contributed by atoms with Crippen molar-refractivity contribution in [2.75, 3.05) is 12.9 Å². The normalized spacial score (nSPS) is 12.7. The molecule has 0 aliphatic heterocycles. The second-order valence-corrected chi connectivity index (χ2v) is 8.72. The largest absolute Gasteiger partial charge is 0.497 e. The van der Waals surface area contributed by atoms with Crippen LogP contribution in [0.2, 0.25) is 0 Å². The minimum atomic E-state index is -0.551. The Hall–Kier alpha value is -2.54. The molecular weight excluding hydrogens is 427 g/mol. The van der Waals surface area contributed by atoms with Gasteiger partial charge in [0.1, 0.15) is 17.6 Å². The summed E-state index contributed by atoms with van der Waals surface area (Å²) in [5.41, 5.74) is 1.88. The van der Waals surface area contributed by atoms with Gasteiger partial charge in [0.2, 0.25) is 11.8 Å². The second-order valence-electron chi connectivity index (χ2n) is 7.73. The lowest BCUT2D eigenvalue weighted by molar-refractivity contribution is -0.139. The molecule has 32 heavy (non-hydrogen) atoms. The number of halogens is 1. The van der Waals surface area contributed by atoms with Crippen LogP contribution in [0.4, 0.5) is 4.39 Å². The molecule has 2 aromatic carbocycles. The summed E-state index contributed by atoms with van der Waals surface area (Å²) >= 11 is 1.46. The Balaban J connectivity index is 2.13. The molecule has 0 aliphatic rings. The van der Waals surface area contributed by atoms with Crippen LogP contribution < -0.4 is 10.1 Å². The van der Waals surface area contributed by atoms with Gasteiger partial charge >= 0.3 is 0 Å². The van der Waals surface area contributed by atoms with Crippen LogP contribution in [0.3, 0.4) is 0 Å². The highest BCUT2D eigenvalue weighted by Crippen LogP contribution is 2.19. The lowest BCUT2D eigenvalue weighted by atomic mass is 10.1. The van der Waals surface area contributed by atoms with Gasteiger partial charge in [0.25, 0.3) is 0 Å². The molecular formula is C25H33FN2O3S. The molecule has 0 saturated heterocycles. The Bertz CT molecular complexity index is 858. The highest BCUT2D eigenvalue weighted by atomic mass is 32.2. The van der Waals surface area contributed by atoms with E-state index in [0.29, 0.717) is 18.7 Å². The van der Waals surface area contributed by atoms with Crippen LogP contribution in [0, 0.1) is 5.82 Å². The maximum Gasteiger partial charge on any atom is 0.243 e. The Labute approximate surface area is 194 Å². The molecule has 7 heteroatoms. The number of amides is 2. The Morgan fingerprint density at radius 3 is 2.22 bits per heavy atom. The Morgan fingerprint density at radius 2 is 1.66 bits per heavy atom. The molecule has 2 rings (SSSR count). The molecule has 0 heterocycles. The molecule has 1 N–H and O–H groups in total. The van der Waals surface area contributed by atoms with Gasteiger partial charge in [-0.3, -0.25) is 9.59 Å². The molecule has 0 aliphatic carbocycles. The molecule has 2 atom stereocenters. The zero-order valence-electron chi connectivity index (χ0n) is 19.3. The third-order valence-corrected chi connectivity index (χ3v) is 6.29. The molecule has 0 aromatic heterocycles.